The summed E-state index contributed by atoms with van der Waals surface area (Å²) in [6, 6.07) is -0.656. The Hall–Kier alpha value is -0.650. The van der Waals surface area contributed by atoms with Gasteiger partial charge < -0.3 is 15.3 Å². The number of aliphatic carboxylic acids is 1. The van der Waals surface area contributed by atoms with Gasteiger partial charge in [-0.15, -0.1) is 0 Å². The number of aliphatic hydroxyl groups is 2. The molecule has 0 saturated heterocycles. The minimum absolute atomic E-state index is 0.244. The number of aliphatic hydroxyl groups excluding tert-OH is 2. The number of carbonyl (C=O) groups is 1. The molecule has 210 valence electrons. The molecule has 0 aliphatic heterocycles. The van der Waals surface area contributed by atoms with Crippen LogP contribution in [0, 0.1) is 5.92 Å². The molecule has 0 heterocycles. The molecule has 0 aromatic carbocycles. The van der Waals surface area contributed by atoms with E-state index in [1.54, 1.807) is 0 Å². The van der Waals surface area contributed by atoms with Crippen LogP contribution in [0.1, 0.15) is 150 Å². The van der Waals surface area contributed by atoms with Crippen molar-refractivity contribution in [3.8, 4) is 0 Å². The second-order valence-corrected chi connectivity index (χ2v) is 11.3. The molecule has 0 amide bonds. The monoisotopic (exact) mass is 499 g/mol. The van der Waals surface area contributed by atoms with Gasteiger partial charge in [-0.1, -0.05) is 130 Å². The van der Waals surface area contributed by atoms with Crippen molar-refractivity contribution in [3.05, 3.63) is 0 Å². The van der Waals surface area contributed by atoms with Crippen LogP contribution in [0.15, 0.2) is 0 Å². The highest BCUT2D eigenvalue weighted by Crippen LogP contribution is 2.18. The second kappa shape index (κ2) is 23.7. The number of rotatable bonds is 26. The smallest absolute Gasteiger partial charge is 0.320 e. The van der Waals surface area contributed by atoms with Crippen LogP contribution in [-0.2, 0) is 4.79 Å². The Morgan fingerprint density at radius 1 is 0.629 bits per heavy atom. The van der Waals surface area contributed by atoms with Crippen molar-refractivity contribution in [1.82, 2.24) is 4.90 Å². The maximum absolute atomic E-state index is 12.0. The third kappa shape index (κ3) is 21.2. The van der Waals surface area contributed by atoms with E-state index in [4.69, 9.17) is 0 Å². The van der Waals surface area contributed by atoms with Crippen LogP contribution in [0.2, 0.25) is 0 Å². The third-order valence-electron chi connectivity index (χ3n) is 7.09. The van der Waals surface area contributed by atoms with Gasteiger partial charge in [-0.25, -0.2) is 0 Å². The second-order valence-electron chi connectivity index (χ2n) is 11.3. The van der Waals surface area contributed by atoms with E-state index in [9.17, 15) is 20.1 Å². The minimum Gasteiger partial charge on any atom is -0.480 e. The maximum atomic E-state index is 12.0. The molecule has 0 saturated carbocycles. The van der Waals surface area contributed by atoms with Gasteiger partial charge in [0, 0.05) is 13.1 Å². The molecule has 0 bridgehead atoms. The largest absolute Gasteiger partial charge is 0.480 e. The van der Waals surface area contributed by atoms with Crippen LogP contribution in [0.3, 0.4) is 0 Å². The predicted molar refractivity (Wildman–Crippen MR) is 149 cm³/mol. The van der Waals surface area contributed by atoms with E-state index in [-0.39, 0.29) is 5.92 Å². The molecule has 0 radical (unpaired) electrons. The summed E-state index contributed by atoms with van der Waals surface area (Å²) in [7, 11) is 0. The fourth-order valence-electron chi connectivity index (χ4n) is 4.93. The quantitative estimate of drug-likeness (QED) is 0.107. The Kier molecular flexibility index (Phi) is 23.3. The van der Waals surface area contributed by atoms with Crippen molar-refractivity contribution in [1.29, 1.82) is 0 Å². The summed E-state index contributed by atoms with van der Waals surface area (Å²) in [5.74, 6) is -0.606. The molecule has 0 rings (SSSR count). The third-order valence-corrected chi connectivity index (χ3v) is 7.09. The molecule has 5 heteroatoms. The molecule has 35 heavy (non-hydrogen) atoms. The average Bonchev–Trinajstić information content (AvgIpc) is 2.80. The van der Waals surface area contributed by atoms with Crippen LogP contribution in [0.4, 0.5) is 0 Å². The summed E-state index contributed by atoms with van der Waals surface area (Å²) in [6.07, 6.45) is 20.4. The van der Waals surface area contributed by atoms with Crippen LogP contribution in [0.25, 0.3) is 0 Å². The first-order valence-corrected chi connectivity index (χ1v) is 15.1. The average molecular weight is 500 g/mol. The normalized spacial score (nSPS) is 14.5. The van der Waals surface area contributed by atoms with Crippen LogP contribution < -0.4 is 0 Å². The molecule has 0 fully saturated rings. The summed E-state index contributed by atoms with van der Waals surface area (Å²) < 4.78 is 0. The van der Waals surface area contributed by atoms with Crippen LogP contribution >= 0.6 is 0 Å². The number of hydrogen-bond donors (Lipinski definition) is 3. The van der Waals surface area contributed by atoms with Gasteiger partial charge in [-0.3, -0.25) is 9.69 Å². The van der Waals surface area contributed by atoms with E-state index in [2.05, 4.69) is 13.8 Å². The lowest BCUT2D eigenvalue weighted by Crippen LogP contribution is -2.48. The fraction of sp³-hybridized carbons (Fsp3) is 0.967. The molecule has 0 aliphatic rings. The van der Waals surface area contributed by atoms with Gasteiger partial charge in [0.25, 0.3) is 0 Å². The molecular weight excluding hydrogens is 438 g/mol. The summed E-state index contributed by atoms with van der Waals surface area (Å²) in [5, 5.41) is 31.3. The SMILES string of the molecule is CCCCCCCCCCC(O)CN(CC(O)CCCCCCCCCC)C(CC(C)C)C(=O)O. The summed E-state index contributed by atoms with van der Waals surface area (Å²) in [6.45, 7) is 9.18. The summed E-state index contributed by atoms with van der Waals surface area (Å²) in [5.41, 5.74) is 0. The van der Waals surface area contributed by atoms with Gasteiger partial charge in [-0.05, 0) is 25.2 Å². The standard InChI is InChI=1S/C30H61NO4/c1-5-7-9-11-13-15-17-19-21-27(32)24-31(29(30(34)35)23-26(3)4)25-28(33)22-20-18-16-14-12-10-8-6-2/h26-29,32-33H,5-25H2,1-4H3,(H,34,35). The highest BCUT2D eigenvalue weighted by molar-refractivity contribution is 5.73. The van der Waals surface area contributed by atoms with E-state index >= 15 is 0 Å². The summed E-state index contributed by atoms with van der Waals surface area (Å²) >= 11 is 0. The van der Waals surface area contributed by atoms with Gasteiger partial charge in [0.2, 0.25) is 0 Å². The highest BCUT2D eigenvalue weighted by Gasteiger charge is 2.29. The lowest BCUT2D eigenvalue weighted by molar-refractivity contribution is -0.145. The summed E-state index contributed by atoms with van der Waals surface area (Å²) in [4.78, 5) is 13.9. The number of hydrogen-bond acceptors (Lipinski definition) is 4. The van der Waals surface area contributed by atoms with E-state index in [0.717, 1.165) is 25.7 Å². The zero-order chi connectivity index (χ0) is 26.3. The van der Waals surface area contributed by atoms with Crippen molar-refractivity contribution >= 4 is 5.97 Å². The number of nitrogens with zero attached hydrogens (tertiary/aromatic N) is 1. The first kappa shape index (κ1) is 34.4. The number of carboxylic acids is 1. The Bertz CT molecular complexity index is 443. The van der Waals surface area contributed by atoms with Crippen molar-refractivity contribution < 1.29 is 20.1 Å². The number of unbranched alkanes of at least 4 members (excludes halogenated alkanes) is 14. The van der Waals surface area contributed by atoms with Crippen LogP contribution in [0.5, 0.6) is 0 Å². The topological polar surface area (TPSA) is 81.0 Å². The van der Waals surface area contributed by atoms with Gasteiger partial charge in [-0.2, -0.15) is 0 Å². The van der Waals surface area contributed by atoms with Crippen molar-refractivity contribution in [2.24, 2.45) is 5.92 Å². The Morgan fingerprint density at radius 2 is 0.971 bits per heavy atom. The van der Waals surface area contributed by atoms with Crippen molar-refractivity contribution in [3.63, 3.8) is 0 Å². The minimum atomic E-state index is -0.850. The molecule has 3 unspecified atom stereocenters. The Balaban J connectivity index is 4.51. The van der Waals surface area contributed by atoms with Crippen molar-refractivity contribution in [2.75, 3.05) is 13.1 Å². The van der Waals surface area contributed by atoms with Gasteiger partial charge in [0.05, 0.1) is 12.2 Å². The van der Waals surface area contributed by atoms with Gasteiger partial charge in [0.15, 0.2) is 0 Å². The molecule has 5 nitrogen and oxygen atoms in total. The fourth-order valence-corrected chi connectivity index (χ4v) is 4.93. The Labute approximate surface area is 218 Å². The first-order chi connectivity index (χ1) is 16.8. The lowest BCUT2D eigenvalue weighted by Gasteiger charge is -2.33. The molecule has 3 N–H and O–H groups in total. The predicted octanol–water partition coefficient (Wildman–Crippen LogP) is 7.57. The zero-order valence-electron chi connectivity index (χ0n) is 23.9. The van der Waals surface area contributed by atoms with Gasteiger partial charge in [0.1, 0.15) is 6.04 Å². The molecule has 3 atom stereocenters. The van der Waals surface area contributed by atoms with Crippen LogP contribution in [-0.4, -0.2) is 57.5 Å². The van der Waals surface area contributed by atoms with E-state index in [1.165, 1.54) is 77.0 Å². The molecule has 0 spiro atoms. The molecule has 0 aromatic heterocycles. The highest BCUT2D eigenvalue weighted by atomic mass is 16.4. The lowest BCUT2D eigenvalue weighted by atomic mass is 9.99. The number of carboxylic acid groups (broad SMARTS) is 1. The maximum Gasteiger partial charge on any atom is 0.320 e. The first-order valence-electron chi connectivity index (χ1n) is 15.1. The Morgan fingerprint density at radius 3 is 1.29 bits per heavy atom. The van der Waals surface area contributed by atoms with Gasteiger partial charge >= 0.3 is 5.97 Å². The molecule has 0 aliphatic carbocycles. The van der Waals surface area contributed by atoms with E-state index in [0.29, 0.717) is 32.4 Å². The van der Waals surface area contributed by atoms with E-state index < -0.39 is 24.2 Å². The molecule has 0 aromatic rings. The van der Waals surface area contributed by atoms with Crippen molar-refractivity contribution in [2.45, 2.75) is 168 Å². The molecular formula is C30H61NO4. The zero-order valence-corrected chi connectivity index (χ0v) is 23.9. The van der Waals surface area contributed by atoms with E-state index in [1.807, 2.05) is 18.7 Å².